The lowest BCUT2D eigenvalue weighted by atomic mass is 10.1. The molecule has 0 unspecified atom stereocenters. The highest BCUT2D eigenvalue weighted by molar-refractivity contribution is 6.32. The molecule has 0 aliphatic rings. The van der Waals surface area contributed by atoms with E-state index < -0.39 is 0 Å². The van der Waals surface area contributed by atoms with Crippen molar-refractivity contribution in [2.75, 3.05) is 7.11 Å². The molecule has 2 aromatic carbocycles. The van der Waals surface area contributed by atoms with Gasteiger partial charge < -0.3 is 14.6 Å². The van der Waals surface area contributed by atoms with Crippen LogP contribution in [0.15, 0.2) is 36.4 Å². The molecular weight excluding hydrogens is 292 g/mol. The van der Waals surface area contributed by atoms with Gasteiger partial charge in [0.25, 0.3) is 0 Å². The van der Waals surface area contributed by atoms with Gasteiger partial charge in [0.2, 0.25) is 0 Å². The number of benzene rings is 2. The van der Waals surface area contributed by atoms with Crippen LogP contribution in [0.25, 0.3) is 6.08 Å². The Morgan fingerprint density at radius 1 is 1.24 bits per heavy atom. The summed E-state index contributed by atoms with van der Waals surface area (Å²) >= 11 is 6.05. The Balaban J connectivity index is 2.22. The number of methoxy groups -OCH3 is 1. The molecule has 0 aliphatic heterocycles. The van der Waals surface area contributed by atoms with Crippen LogP contribution in [0.2, 0.25) is 5.02 Å². The second-order valence-electron chi connectivity index (χ2n) is 4.21. The maximum atomic E-state index is 10.5. The molecule has 1 N–H and O–H groups in total. The van der Waals surface area contributed by atoms with E-state index in [0.717, 1.165) is 17.4 Å². The van der Waals surface area contributed by atoms with Crippen LogP contribution >= 0.6 is 11.6 Å². The third-order valence-corrected chi connectivity index (χ3v) is 3.17. The van der Waals surface area contributed by atoms with Crippen molar-refractivity contribution in [1.29, 1.82) is 0 Å². The number of aromatic hydroxyl groups is 1. The van der Waals surface area contributed by atoms with Gasteiger partial charge in [0.05, 0.1) is 17.7 Å². The standard InChI is InChI=1S/C16H13ClO4/c1-20-12-4-2-11(3-5-12)10-21-16-13(8-9-18)15(19)7-6-14(16)17/h2-8,19H,10H2,1H3. The van der Waals surface area contributed by atoms with Gasteiger partial charge in [-0.2, -0.15) is 0 Å². The molecule has 21 heavy (non-hydrogen) atoms. The minimum absolute atomic E-state index is 0.0903. The highest BCUT2D eigenvalue weighted by Crippen LogP contribution is 2.36. The van der Waals surface area contributed by atoms with Crippen LogP contribution < -0.4 is 9.47 Å². The average Bonchev–Trinajstić information content (AvgIpc) is 2.51. The maximum Gasteiger partial charge on any atom is 0.150 e. The molecule has 0 radical (unpaired) electrons. The molecule has 0 aliphatic carbocycles. The SMILES string of the molecule is COc1ccc(COc2c(Cl)ccc(O)c2C=C=O)cc1. The molecule has 0 heterocycles. The van der Waals surface area contributed by atoms with E-state index in [1.807, 2.05) is 24.3 Å². The molecule has 0 bridgehead atoms. The fraction of sp³-hybridized carbons (Fsp3) is 0.125. The second kappa shape index (κ2) is 6.84. The Morgan fingerprint density at radius 3 is 2.57 bits per heavy atom. The Labute approximate surface area is 127 Å². The number of ether oxygens (including phenoxy) is 2. The Kier molecular flexibility index (Phi) is 4.88. The van der Waals surface area contributed by atoms with Crippen molar-refractivity contribution in [1.82, 2.24) is 0 Å². The average molecular weight is 305 g/mol. The van der Waals surface area contributed by atoms with Gasteiger partial charge in [0.1, 0.15) is 29.8 Å². The van der Waals surface area contributed by atoms with Gasteiger partial charge in [0.15, 0.2) is 0 Å². The van der Waals surface area contributed by atoms with Gasteiger partial charge in [-0.1, -0.05) is 23.7 Å². The number of hydrogen-bond acceptors (Lipinski definition) is 4. The van der Waals surface area contributed by atoms with Crippen molar-refractivity contribution in [2.24, 2.45) is 0 Å². The zero-order chi connectivity index (χ0) is 15.2. The maximum absolute atomic E-state index is 10.5. The molecule has 0 spiro atoms. The summed E-state index contributed by atoms with van der Waals surface area (Å²) in [5.41, 5.74) is 1.11. The Bertz CT molecular complexity index is 673. The van der Waals surface area contributed by atoms with Gasteiger partial charge in [-0.3, -0.25) is 0 Å². The lowest BCUT2D eigenvalue weighted by Crippen LogP contribution is -1.98. The molecule has 108 valence electrons. The van der Waals surface area contributed by atoms with E-state index in [4.69, 9.17) is 21.1 Å². The molecule has 0 fully saturated rings. The minimum atomic E-state index is -0.0903. The molecule has 0 saturated carbocycles. The van der Waals surface area contributed by atoms with Crippen molar-refractivity contribution >= 4 is 23.6 Å². The number of carbonyl (C=O) groups excluding carboxylic acids is 1. The van der Waals surface area contributed by atoms with E-state index in [1.165, 1.54) is 12.1 Å². The van der Waals surface area contributed by atoms with Gasteiger partial charge in [0, 0.05) is 6.08 Å². The highest BCUT2D eigenvalue weighted by Gasteiger charge is 2.12. The summed E-state index contributed by atoms with van der Waals surface area (Å²) in [5, 5.41) is 10.1. The molecule has 0 amide bonds. The summed E-state index contributed by atoms with van der Waals surface area (Å²) in [4.78, 5) is 10.5. The van der Waals surface area contributed by atoms with Crippen molar-refractivity contribution in [3.05, 3.63) is 52.5 Å². The van der Waals surface area contributed by atoms with Gasteiger partial charge in [-0.05, 0) is 29.8 Å². The summed E-state index contributed by atoms with van der Waals surface area (Å²) in [5.74, 6) is 2.52. The van der Waals surface area contributed by atoms with Crippen molar-refractivity contribution in [3.63, 3.8) is 0 Å². The van der Waals surface area contributed by atoms with Crippen LogP contribution in [0.4, 0.5) is 0 Å². The van der Waals surface area contributed by atoms with E-state index in [9.17, 15) is 9.90 Å². The van der Waals surface area contributed by atoms with Crippen LogP contribution in [0.1, 0.15) is 11.1 Å². The van der Waals surface area contributed by atoms with E-state index in [-0.39, 0.29) is 23.7 Å². The quantitative estimate of drug-likeness (QED) is 0.859. The molecule has 0 aromatic heterocycles. The molecule has 2 aromatic rings. The first-order valence-corrected chi connectivity index (χ1v) is 6.51. The fourth-order valence-electron chi connectivity index (χ4n) is 1.78. The molecule has 0 atom stereocenters. The molecule has 5 heteroatoms. The fourth-order valence-corrected chi connectivity index (χ4v) is 2.00. The van der Waals surface area contributed by atoms with Crippen molar-refractivity contribution in [2.45, 2.75) is 6.61 Å². The smallest absolute Gasteiger partial charge is 0.150 e. The number of phenolic OH excluding ortho intramolecular Hbond substituents is 1. The van der Waals surface area contributed by atoms with Gasteiger partial charge in [-0.25, -0.2) is 4.79 Å². The van der Waals surface area contributed by atoms with E-state index in [2.05, 4.69) is 0 Å². The van der Waals surface area contributed by atoms with Crippen LogP contribution in [-0.2, 0) is 11.4 Å². The number of rotatable bonds is 5. The summed E-state index contributed by atoms with van der Waals surface area (Å²) < 4.78 is 10.7. The Hall–Kier alpha value is -2.42. The third-order valence-electron chi connectivity index (χ3n) is 2.87. The molecule has 2 rings (SSSR count). The van der Waals surface area contributed by atoms with Crippen LogP contribution in [0.3, 0.4) is 0 Å². The summed E-state index contributed by atoms with van der Waals surface area (Å²) in [6.45, 7) is 0.243. The summed E-state index contributed by atoms with van der Waals surface area (Å²) in [6.07, 6.45) is 1.09. The lowest BCUT2D eigenvalue weighted by Gasteiger charge is -2.12. The zero-order valence-corrected chi connectivity index (χ0v) is 12.1. The molecular formula is C16H13ClO4. The molecule has 4 nitrogen and oxygen atoms in total. The van der Waals surface area contributed by atoms with Gasteiger partial charge >= 0.3 is 0 Å². The van der Waals surface area contributed by atoms with Crippen LogP contribution in [-0.4, -0.2) is 18.2 Å². The summed E-state index contributed by atoms with van der Waals surface area (Å²) in [7, 11) is 1.59. The first-order valence-electron chi connectivity index (χ1n) is 6.13. The molecule has 0 saturated heterocycles. The van der Waals surface area contributed by atoms with E-state index in [1.54, 1.807) is 13.1 Å². The van der Waals surface area contributed by atoms with Crippen molar-refractivity contribution < 1.29 is 19.4 Å². The number of phenols is 1. The predicted molar refractivity (Wildman–Crippen MR) is 80.6 cm³/mol. The monoisotopic (exact) mass is 304 g/mol. The topological polar surface area (TPSA) is 55.8 Å². The van der Waals surface area contributed by atoms with E-state index >= 15 is 0 Å². The minimum Gasteiger partial charge on any atom is -0.507 e. The first kappa shape index (κ1) is 15.0. The highest BCUT2D eigenvalue weighted by atomic mass is 35.5. The largest absolute Gasteiger partial charge is 0.507 e. The Morgan fingerprint density at radius 2 is 1.95 bits per heavy atom. The van der Waals surface area contributed by atoms with Crippen molar-refractivity contribution in [3.8, 4) is 17.2 Å². The van der Waals surface area contributed by atoms with Crippen LogP contribution in [0, 0.1) is 0 Å². The van der Waals surface area contributed by atoms with Gasteiger partial charge in [-0.15, -0.1) is 0 Å². The van der Waals surface area contributed by atoms with E-state index in [0.29, 0.717) is 5.02 Å². The second-order valence-corrected chi connectivity index (χ2v) is 4.62. The first-order chi connectivity index (χ1) is 10.2. The third kappa shape index (κ3) is 3.57. The zero-order valence-electron chi connectivity index (χ0n) is 11.3. The number of hydrogen-bond donors (Lipinski definition) is 1. The van der Waals surface area contributed by atoms with Crippen LogP contribution in [0.5, 0.6) is 17.2 Å². The summed E-state index contributed by atoms with van der Waals surface area (Å²) in [6, 6.07) is 10.2. The normalized spacial score (nSPS) is 9.81. The predicted octanol–water partition coefficient (Wildman–Crippen LogP) is 3.48. The number of halogens is 1. The lowest BCUT2D eigenvalue weighted by molar-refractivity contribution is 0.303.